The van der Waals surface area contributed by atoms with Crippen LogP contribution in [0.4, 0.5) is 13.2 Å². The SMILES string of the molecule is O=Cc1cc(C#CCS)cc(C(F)(F)F)c1. The molecule has 0 aliphatic carbocycles. The van der Waals surface area contributed by atoms with E-state index in [0.29, 0.717) is 6.29 Å². The lowest BCUT2D eigenvalue weighted by Crippen LogP contribution is -2.06. The highest BCUT2D eigenvalue weighted by Crippen LogP contribution is 2.30. The van der Waals surface area contributed by atoms with E-state index in [1.54, 1.807) is 0 Å². The molecule has 16 heavy (non-hydrogen) atoms. The van der Waals surface area contributed by atoms with Gasteiger partial charge in [-0.05, 0) is 18.2 Å². The molecule has 0 aliphatic heterocycles. The van der Waals surface area contributed by atoms with Crippen LogP contribution in [0.25, 0.3) is 0 Å². The minimum Gasteiger partial charge on any atom is -0.298 e. The van der Waals surface area contributed by atoms with Gasteiger partial charge in [0.2, 0.25) is 0 Å². The fourth-order valence-corrected chi connectivity index (χ4v) is 1.18. The maximum Gasteiger partial charge on any atom is 0.416 e. The van der Waals surface area contributed by atoms with E-state index in [4.69, 9.17) is 0 Å². The van der Waals surface area contributed by atoms with Crippen LogP contribution in [0.15, 0.2) is 18.2 Å². The van der Waals surface area contributed by atoms with E-state index in [1.165, 1.54) is 6.07 Å². The highest BCUT2D eigenvalue weighted by molar-refractivity contribution is 7.80. The van der Waals surface area contributed by atoms with Gasteiger partial charge in [0.1, 0.15) is 6.29 Å². The molecule has 0 aromatic heterocycles. The van der Waals surface area contributed by atoms with Gasteiger partial charge in [0.25, 0.3) is 0 Å². The summed E-state index contributed by atoms with van der Waals surface area (Å²) in [5.41, 5.74) is -0.759. The molecular weight excluding hydrogens is 237 g/mol. The van der Waals surface area contributed by atoms with Crippen molar-refractivity contribution in [2.24, 2.45) is 0 Å². The number of aldehydes is 1. The maximum atomic E-state index is 12.4. The zero-order valence-corrected chi connectivity index (χ0v) is 8.90. The molecule has 0 fully saturated rings. The van der Waals surface area contributed by atoms with Crippen molar-refractivity contribution in [2.45, 2.75) is 6.18 Å². The molecule has 1 aromatic rings. The number of rotatable bonds is 1. The fraction of sp³-hybridized carbons (Fsp3) is 0.182. The largest absolute Gasteiger partial charge is 0.416 e. The minimum atomic E-state index is -4.48. The van der Waals surface area contributed by atoms with Gasteiger partial charge >= 0.3 is 6.18 Å². The van der Waals surface area contributed by atoms with Crippen LogP contribution >= 0.6 is 12.6 Å². The third kappa shape index (κ3) is 3.31. The molecule has 1 rings (SSSR count). The third-order valence-electron chi connectivity index (χ3n) is 1.73. The lowest BCUT2D eigenvalue weighted by Gasteiger charge is -2.07. The number of thiol groups is 1. The van der Waals surface area contributed by atoms with Crippen LogP contribution in [0.3, 0.4) is 0 Å². The van der Waals surface area contributed by atoms with Crippen LogP contribution in [0, 0.1) is 11.8 Å². The van der Waals surface area contributed by atoms with E-state index in [9.17, 15) is 18.0 Å². The molecule has 0 saturated carbocycles. The highest BCUT2D eigenvalue weighted by Gasteiger charge is 2.31. The van der Waals surface area contributed by atoms with Crippen molar-refractivity contribution in [3.63, 3.8) is 0 Å². The molecule has 0 spiro atoms. The van der Waals surface area contributed by atoms with Gasteiger partial charge in [-0.3, -0.25) is 4.79 Å². The van der Waals surface area contributed by atoms with Gasteiger partial charge in [-0.25, -0.2) is 0 Å². The molecule has 5 heteroatoms. The molecule has 0 radical (unpaired) electrons. The monoisotopic (exact) mass is 244 g/mol. The van der Waals surface area contributed by atoms with Crippen molar-refractivity contribution >= 4 is 18.9 Å². The number of carbonyl (C=O) groups excluding carboxylic acids is 1. The first kappa shape index (κ1) is 12.7. The third-order valence-corrected chi connectivity index (χ3v) is 1.89. The zero-order chi connectivity index (χ0) is 12.2. The Morgan fingerprint density at radius 1 is 1.31 bits per heavy atom. The molecule has 0 amide bonds. The van der Waals surface area contributed by atoms with Crippen LogP contribution < -0.4 is 0 Å². The number of carbonyl (C=O) groups is 1. The summed E-state index contributed by atoms with van der Waals surface area (Å²) in [5.74, 6) is 5.26. The van der Waals surface area contributed by atoms with Crippen LogP contribution in [-0.2, 0) is 6.18 Å². The van der Waals surface area contributed by atoms with Gasteiger partial charge in [-0.1, -0.05) is 11.8 Å². The summed E-state index contributed by atoms with van der Waals surface area (Å²) in [6.45, 7) is 0. The predicted molar refractivity (Wildman–Crippen MR) is 57.6 cm³/mol. The fourth-order valence-electron chi connectivity index (χ4n) is 1.10. The summed E-state index contributed by atoms with van der Waals surface area (Å²) < 4.78 is 37.3. The Morgan fingerprint density at radius 3 is 2.50 bits per heavy atom. The van der Waals surface area contributed by atoms with E-state index in [0.717, 1.165) is 12.1 Å². The Kier molecular flexibility index (Phi) is 4.02. The number of hydrogen-bond donors (Lipinski definition) is 1. The van der Waals surface area contributed by atoms with Gasteiger partial charge in [0.05, 0.1) is 11.3 Å². The van der Waals surface area contributed by atoms with Crippen molar-refractivity contribution in [3.8, 4) is 11.8 Å². The molecular formula is C11H7F3OS. The molecule has 0 saturated heterocycles. The lowest BCUT2D eigenvalue weighted by atomic mass is 10.1. The van der Waals surface area contributed by atoms with E-state index in [2.05, 4.69) is 24.5 Å². The Bertz CT molecular complexity index is 455. The van der Waals surface area contributed by atoms with Crippen LogP contribution in [0.2, 0.25) is 0 Å². The maximum absolute atomic E-state index is 12.4. The van der Waals surface area contributed by atoms with Gasteiger partial charge in [-0.15, -0.1) is 0 Å². The number of alkyl halides is 3. The molecule has 1 nitrogen and oxygen atoms in total. The number of hydrogen-bond acceptors (Lipinski definition) is 2. The zero-order valence-electron chi connectivity index (χ0n) is 8.01. The van der Waals surface area contributed by atoms with Crippen molar-refractivity contribution in [1.82, 2.24) is 0 Å². The second-order valence-electron chi connectivity index (χ2n) is 2.92. The molecule has 0 atom stereocenters. The van der Waals surface area contributed by atoms with E-state index in [-0.39, 0.29) is 16.9 Å². The molecule has 84 valence electrons. The molecule has 1 aromatic carbocycles. The van der Waals surface area contributed by atoms with Crippen molar-refractivity contribution in [1.29, 1.82) is 0 Å². The first-order valence-corrected chi connectivity index (χ1v) is 4.88. The summed E-state index contributed by atoms with van der Waals surface area (Å²) >= 11 is 3.82. The summed E-state index contributed by atoms with van der Waals surface area (Å²) in [5, 5.41) is 0. The summed E-state index contributed by atoms with van der Waals surface area (Å²) in [7, 11) is 0. The standard InChI is InChI=1S/C11H7F3OS/c12-11(13,14)10-5-8(2-1-3-16)4-9(6-10)7-15/h4-7,16H,3H2. The summed E-state index contributed by atoms with van der Waals surface area (Å²) in [4.78, 5) is 10.5. The smallest absolute Gasteiger partial charge is 0.298 e. The summed E-state index contributed by atoms with van der Waals surface area (Å²) in [6.07, 6.45) is -4.11. The van der Waals surface area contributed by atoms with E-state index < -0.39 is 11.7 Å². The van der Waals surface area contributed by atoms with Crippen molar-refractivity contribution < 1.29 is 18.0 Å². The average Bonchev–Trinajstić information content (AvgIpc) is 2.24. The topological polar surface area (TPSA) is 17.1 Å². The highest BCUT2D eigenvalue weighted by atomic mass is 32.1. The molecule has 0 aliphatic rings. The Labute approximate surface area is 96.1 Å². The molecule has 0 heterocycles. The van der Waals surface area contributed by atoms with Crippen LogP contribution in [0.1, 0.15) is 21.5 Å². The Morgan fingerprint density at radius 2 is 2.00 bits per heavy atom. The quantitative estimate of drug-likeness (QED) is 0.456. The first-order valence-electron chi connectivity index (χ1n) is 4.24. The van der Waals surface area contributed by atoms with Gasteiger partial charge in [-0.2, -0.15) is 25.8 Å². The summed E-state index contributed by atoms with van der Waals surface area (Å²) in [6, 6.07) is 3.00. The Balaban J connectivity index is 3.26. The second-order valence-corrected chi connectivity index (χ2v) is 3.24. The van der Waals surface area contributed by atoms with E-state index >= 15 is 0 Å². The van der Waals surface area contributed by atoms with Gasteiger partial charge in [0.15, 0.2) is 0 Å². The lowest BCUT2D eigenvalue weighted by molar-refractivity contribution is -0.137. The van der Waals surface area contributed by atoms with Gasteiger partial charge < -0.3 is 0 Å². The normalized spacial score (nSPS) is 10.5. The van der Waals surface area contributed by atoms with Crippen LogP contribution in [-0.4, -0.2) is 12.0 Å². The first-order chi connectivity index (χ1) is 7.47. The number of benzene rings is 1. The predicted octanol–water partition coefficient (Wildman–Crippen LogP) is 2.80. The molecule has 0 N–H and O–H groups in total. The Hall–Kier alpha value is -1.41. The van der Waals surface area contributed by atoms with Crippen molar-refractivity contribution in [3.05, 3.63) is 34.9 Å². The van der Waals surface area contributed by atoms with Crippen molar-refractivity contribution in [2.75, 3.05) is 5.75 Å². The number of halogens is 3. The minimum absolute atomic E-state index is 0.0433. The van der Waals surface area contributed by atoms with Gasteiger partial charge in [0, 0.05) is 11.1 Å². The van der Waals surface area contributed by atoms with E-state index in [1.807, 2.05) is 0 Å². The molecule has 0 unspecified atom stereocenters. The van der Waals surface area contributed by atoms with Crippen LogP contribution in [0.5, 0.6) is 0 Å². The average molecular weight is 244 g/mol. The second kappa shape index (κ2) is 5.08. The molecule has 0 bridgehead atoms.